The summed E-state index contributed by atoms with van der Waals surface area (Å²) in [6, 6.07) is 7.81. The molecule has 0 bridgehead atoms. The summed E-state index contributed by atoms with van der Waals surface area (Å²) in [5.41, 5.74) is 3.41. The van der Waals surface area contributed by atoms with E-state index in [9.17, 15) is 4.79 Å². The van der Waals surface area contributed by atoms with E-state index >= 15 is 0 Å². The lowest BCUT2D eigenvalue weighted by Crippen LogP contribution is -2.19. The van der Waals surface area contributed by atoms with Crippen LogP contribution in [0.3, 0.4) is 0 Å². The number of carbonyl (C=O) groups is 1. The largest absolute Gasteiger partial charge is 0.322 e. The second kappa shape index (κ2) is 5.05. The minimum Gasteiger partial charge on any atom is -0.322 e. The number of imidazole rings is 1. The number of fused-ring (bicyclic) bond motifs is 1. The van der Waals surface area contributed by atoms with Crippen LogP contribution >= 0.6 is 0 Å². The second-order valence-electron chi connectivity index (χ2n) is 5.08. The molecule has 21 heavy (non-hydrogen) atoms. The highest BCUT2D eigenvalue weighted by molar-refractivity contribution is 5.92. The Morgan fingerprint density at radius 2 is 2.05 bits per heavy atom. The van der Waals surface area contributed by atoms with Gasteiger partial charge >= 0.3 is 0 Å². The molecule has 3 rings (SSSR count). The summed E-state index contributed by atoms with van der Waals surface area (Å²) in [4.78, 5) is 16.7. The number of para-hydroxylation sites is 2. The Kier molecular flexibility index (Phi) is 3.21. The monoisotopic (exact) mass is 283 g/mol. The van der Waals surface area contributed by atoms with E-state index in [1.807, 2.05) is 49.7 Å². The van der Waals surface area contributed by atoms with Gasteiger partial charge in [0.2, 0.25) is 5.91 Å². The van der Waals surface area contributed by atoms with Gasteiger partial charge in [0.1, 0.15) is 12.4 Å². The van der Waals surface area contributed by atoms with E-state index in [-0.39, 0.29) is 12.5 Å². The van der Waals surface area contributed by atoms with E-state index in [2.05, 4.69) is 15.4 Å². The lowest BCUT2D eigenvalue weighted by Gasteiger charge is -2.07. The minimum absolute atomic E-state index is 0.0858. The quantitative estimate of drug-likeness (QED) is 0.800. The maximum atomic E-state index is 12.2. The van der Waals surface area contributed by atoms with Gasteiger partial charge in [-0.25, -0.2) is 4.98 Å². The van der Waals surface area contributed by atoms with Gasteiger partial charge in [-0.2, -0.15) is 5.10 Å². The van der Waals surface area contributed by atoms with E-state index in [4.69, 9.17) is 0 Å². The Balaban J connectivity index is 1.83. The van der Waals surface area contributed by atoms with Gasteiger partial charge in [-0.1, -0.05) is 12.1 Å². The summed E-state index contributed by atoms with van der Waals surface area (Å²) in [5.74, 6) is 0.742. The van der Waals surface area contributed by atoms with Crippen LogP contribution in [0.1, 0.15) is 11.5 Å². The third kappa shape index (κ3) is 2.52. The zero-order valence-corrected chi connectivity index (χ0v) is 12.3. The number of amides is 1. The van der Waals surface area contributed by atoms with Crippen LogP contribution in [0.5, 0.6) is 0 Å². The Morgan fingerprint density at radius 1 is 1.29 bits per heavy atom. The molecule has 2 heterocycles. The summed E-state index contributed by atoms with van der Waals surface area (Å²) < 4.78 is 3.60. The average molecular weight is 283 g/mol. The Labute approximate surface area is 122 Å². The molecule has 3 aromatic rings. The molecule has 0 spiro atoms. The number of anilines is 1. The van der Waals surface area contributed by atoms with Gasteiger partial charge in [0.05, 0.1) is 22.4 Å². The molecule has 0 aliphatic carbocycles. The van der Waals surface area contributed by atoms with Crippen molar-refractivity contribution in [2.45, 2.75) is 20.4 Å². The van der Waals surface area contributed by atoms with E-state index in [1.54, 1.807) is 10.9 Å². The summed E-state index contributed by atoms with van der Waals surface area (Å²) in [6.07, 6.45) is 1.80. The fourth-order valence-electron chi connectivity index (χ4n) is 2.45. The predicted molar refractivity (Wildman–Crippen MR) is 81.0 cm³/mol. The van der Waals surface area contributed by atoms with E-state index in [1.165, 1.54) is 0 Å². The lowest BCUT2D eigenvalue weighted by molar-refractivity contribution is -0.116. The first-order chi connectivity index (χ1) is 10.0. The lowest BCUT2D eigenvalue weighted by atomic mass is 10.3. The Bertz CT molecular complexity index is 815. The van der Waals surface area contributed by atoms with Crippen LogP contribution in [0.4, 0.5) is 5.69 Å². The number of rotatable bonds is 3. The number of aryl methyl sites for hydroxylation is 3. The summed E-state index contributed by atoms with van der Waals surface area (Å²) in [7, 11) is 1.83. The van der Waals surface area contributed by atoms with E-state index in [0.29, 0.717) is 0 Å². The molecule has 2 aromatic heterocycles. The normalized spacial score (nSPS) is 11.0. The molecule has 0 aliphatic rings. The van der Waals surface area contributed by atoms with Crippen LogP contribution in [-0.2, 0) is 18.4 Å². The molecular weight excluding hydrogens is 266 g/mol. The molecule has 108 valence electrons. The maximum Gasteiger partial charge on any atom is 0.244 e. The van der Waals surface area contributed by atoms with Gasteiger partial charge in [-0.05, 0) is 26.0 Å². The standard InChI is InChI=1S/C15H17N5O/c1-10-13(8-19(3)18-10)17-15(21)9-20-11(2)16-12-6-4-5-7-14(12)20/h4-8H,9H2,1-3H3,(H,17,21). The first-order valence-electron chi connectivity index (χ1n) is 6.76. The van der Waals surface area contributed by atoms with Crippen LogP contribution in [0.2, 0.25) is 0 Å². The van der Waals surface area contributed by atoms with Gasteiger partial charge < -0.3 is 9.88 Å². The number of hydrogen-bond acceptors (Lipinski definition) is 3. The van der Waals surface area contributed by atoms with Crippen molar-refractivity contribution in [1.82, 2.24) is 19.3 Å². The molecule has 0 fully saturated rings. The molecule has 0 saturated heterocycles. The van der Waals surface area contributed by atoms with Crippen molar-refractivity contribution in [2.75, 3.05) is 5.32 Å². The second-order valence-corrected chi connectivity index (χ2v) is 5.08. The molecule has 1 amide bonds. The molecule has 1 aromatic carbocycles. The molecular formula is C15H17N5O. The van der Waals surface area contributed by atoms with E-state index in [0.717, 1.165) is 28.2 Å². The Hall–Kier alpha value is -2.63. The summed E-state index contributed by atoms with van der Waals surface area (Å²) >= 11 is 0. The van der Waals surface area contributed by atoms with Gasteiger partial charge in [0.25, 0.3) is 0 Å². The Morgan fingerprint density at radius 3 is 2.76 bits per heavy atom. The van der Waals surface area contributed by atoms with Crippen LogP contribution in [-0.4, -0.2) is 25.2 Å². The van der Waals surface area contributed by atoms with Crippen molar-refractivity contribution in [3.8, 4) is 0 Å². The SMILES string of the molecule is Cc1nn(C)cc1NC(=O)Cn1c(C)nc2ccccc21. The topological polar surface area (TPSA) is 64.7 Å². The van der Waals surface area contributed by atoms with E-state index < -0.39 is 0 Å². The van der Waals surface area contributed by atoms with Crippen molar-refractivity contribution in [1.29, 1.82) is 0 Å². The third-order valence-corrected chi connectivity index (χ3v) is 3.43. The third-order valence-electron chi connectivity index (χ3n) is 3.43. The van der Waals surface area contributed by atoms with Crippen molar-refractivity contribution in [3.63, 3.8) is 0 Å². The van der Waals surface area contributed by atoms with Crippen LogP contribution < -0.4 is 5.32 Å². The van der Waals surface area contributed by atoms with Crippen LogP contribution in [0, 0.1) is 13.8 Å². The smallest absolute Gasteiger partial charge is 0.244 e. The number of nitrogens with one attached hydrogen (secondary N) is 1. The molecule has 0 saturated carbocycles. The number of nitrogens with zero attached hydrogens (tertiary/aromatic N) is 4. The fraction of sp³-hybridized carbons (Fsp3) is 0.267. The first kappa shape index (κ1) is 13.4. The number of aromatic nitrogens is 4. The average Bonchev–Trinajstić information content (AvgIpc) is 2.90. The zero-order valence-electron chi connectivity index (χ0n) is 12.3. The molecule has 6 nitrogen and oxygen atoms in total. The van der Waals surface area contributed by atoms with Crippen molar-refractivity contribution < 1.29 is 4.79 Å². The highest BCUT2D eigenvalue weighted by Gasteiger charge is 2.12. The molecule has 0 radical (unpaired) electrons. The molecule has 6 heteroatoms. The highest BCUT2D eigenvalue weighted by Crippen LogP contribution is 2.16. The highest BCUT2D eigenvalue weighted by atomic mass is 16.2. The molecule has 0 aliphatic heterocycles. The number of benzene rings is 1. The molecule has 0 unspecified atom stereocenters. The van der Waals surface area contributed by atoms with Gasteiger partial charge in [-0.15, -0.1) is 0 Å². The minimum atomic E-state index is -0.0858. The van der Waals surface area contributed by atoms with Crippen LogP contribution in [0.15, 0.2) is 30.5 Å². The van der Waals surface area contributed by atoms with Crippen molar-refractivity contribution >= 4 is 22.6 Å². The molecule has 1 N–H and O–H groups in total. The van der Waals surface area contributed by atoms with Gasteiger partial charge in [-0.3, -0.25) is 9.48 Å². The van der Waals surface area contributed by atoms with Gasteiger partial charge in [0, 0.05) is 13.2 Å². The first-order valence-corrected chi connectivity index (χ1v) is 6.76. The zero-order chi connectivity index (χ0) is 15.0. The summed E-state index contributed by atoms with van der Waals surface area (Å²) in [6.45, 7) is 4.01. The number of carbonyl (C=O) groups excluding carboxylic acids is 1. The van der Waals surface area contributed by atoms with Crippen molar-refractivity contribution in [3.05, 3.63) is 42.0 Å². The number of hydrogen-bond donors (Lipinski definition) is 1. The molecule has 0 atom stereocenters. The van der Waals surface area contributed by atoms with Crippen molar-refractivity contribution in [2.24, 2.45) is 7.05 Å². The summed E-state index contributed by atoms with van der Waals surface area (Å²) in [5, 5.41) is 7.10. The predicted octanol–water partition coefficient (Wildman–Crippen LogP) is 2.03. The fourth-order valence-corrected chi connectivity index (χ4v) is 2.45. The van der Waals surface area contributed by atoms with Gasteiger partial charge in [0.15, 0.2) is 0 Å². The maximum absolute atomic E-state index is 12.2. The van der Waals surface area contributed by atoms with Crippen LogP contribution in [0.25, 0.3) is 11.0 Å².